The number of hydrogen-bond acceptors (Lipinski definition) is 11. The molecule has 4 aliphatic carbocycles. The van der Waals surface area contributed by atoms with E-state index in [2.05, 4.69) is 11.1 Å². The van der Waals surface area contributed by atoms with Crippen LogP contribution in [0.1, 0.15) is 128 Å². The SMILES string of the molecule is NC1CCCCCC1=O.NO.O=C1CCCCC1.O=S=O.OC1CCCCC1.ON=C1CCCCC1.Oc1ccccc1. The van der Waals surface area contributed by atoms with E-state index in [0.29, 0.717) is 18.0 Å². The number of phenolic OH excluding ortho intramolecular Hbond substituents is 1. The molecule has 0 spiro atoms. The van der Waals surface area contributed by atoms with Gasteiger partial charge in [-0.25, -0.2) is 5.90 Å². The minimum absolute atomic E-state index is 0.0359. The third-order valence-electron chi connectivity index (χ3n) is 7.17. The number of oxime groups is 1. The highest BCUT2D eigenvalue weighted by Gasteiger charge is 2.15. The Morgan fingerprint density at radius 2 is 1.09 bits per heavy atom. The third-order valence-corrected chi connectivity index (χ3v) is 7.17. The number of rotatable bonds is 0. The van der Waals surface area contributed by atoms with Gasteiger partial charge in [-0.15, -0.1) is 0 Å². The van der Waals surface area contributed by atoms with Crippen LogP contribution in [0.5, 0.6) is 5.75 Å². The molecular weight excluding hydrogens is 574 g/mol. The summed E-state index contributed by atoms with van der Waals surface area (Å²) in [4.78, 5) is 21.4. The number of para-hydroxylation sites is 1. The topological polar surface area (TPSA) is 214 Å². The van der Waals surface area contributed by atoms with Gasteiger partial charge in [0.05, 0.1) is 17.9 Å². The van der Waals surface area contributed by atoms with Crippen molar-refractivity contribution in [1.82, 2.24) is 0 Å². The molecule has 1 unspecified atom stereocenters. The number of aliphatic hydroxyl groups is 1. The Balaban J connectivity index is 0. The number of ketones is 2. The van der Waals surface area contributed by atoms with Crippen molar-refractivity contribution in [3.63, 3.8) is 0 Å². The quantitative estimate of drug-likeness (QED) is 0.120. The van der Waals surface area contributed by atoms with E-state index in [9.17, 15) is 9.59 Å². The third kappa shape index (κ3) is 29.3. The fraction of sp³-hybridized carbons (Fsp3) is 0.710. The van der Waals surface area contributed by atoms with Crippen molar-refractivity contribution < 1.29 is 38.6 Å². The van der Waals surface area contributed by atoms with Crippen LogP contribution in [0.15, 0.2) is 35.5 Å². The molecule has 4 aliphatic rings. The standard InChI is InChI=1S/C7H13NO.C6H11NO.C6H12O.C6H10O.C6H6O.H3NO.O2S/c8-6-4-2-1-3-5-7(6)9;8-7-6-4-2-1-3-5-6;3*7-6-4-2-1-3-5-6;1-2;1-3-2/h6H,1-5,8H2;8H,1-5H2;6-7H,1-5H2;1-5H2;1-5,7H;2H,1H2;. The van der Waals surface area contributed by atoms with Gasteiger partial charge in [-0.05, 0) is 76.3 Å². The van der Waals surface area contributed by atoms with Gasteiger partial charge >= 0.3 is 11.6 Å². The maximum absolute atomic E-state index is 10.9. The fourth-order valence-electron chi connectivity index (χ4n) is 4.70. The molecule has 0 bridgehead atoms. The van der Waals surface area contributed by atoms with Crippen molar-refractivity contribution in [3.8, 4) is 5.75 Å². The van der Waals surface area contributed by atoms with E-state index in [0.717, 1.165) is 76.3 Å². The summed E-state index contributed by atoms with van der Waals surface area (Å²) < 4.78 is 16.6. The first-order chi connectivity index (χ1) is 20.8. The second kappa shape index (κ2) is 32.4. The van der Waals surface area contributed by atoms with Crippen LogP contribution in [0.25, 0.3) is 0 Å². The van der Waals surface area contributed by atoms with E-state index in [-0.39, 0.29) is 17.9 Å². The number of carbonyl (C=O) groups is 2. The van der Waals surface area contributed by atoms with Crippen LogP contribution in [-0.2, 0) is 21.2 Å². The lowest BCUT2D eigenvalue weighted by Gasteiger charge is -2.14. The fourth-order valence-corrected chi connectivity index (χ4v) is 4.70. The van der Waals surface area contributed by atoms with Gasteiger partial charge in [0.15, 0.2) is 0 Å². The summed E-state index contributed by atoms with van der Waals surface area (Å²) in [6.07, 6.45) is 21.9. The zero-order chi connectivity index (χ0) is 32.6. The Kier molecular flexibility index (Phi) is 32.1. The molecule has 4 fully saturated rings. The predicted octanol–water partition coefficient (Wildman–Crippen LogP) is 5.51. The normalized spacial score (nSPS) is 19.7. The maximum Gasteiger partial charge on any atom is 0.335 e. The largest absolute Gasteiger partial charge is 0.508 e. The number of benzene rings is 1. The van der Waals surface area contributed by atoms with Gasteiger partial charge in [-0.3, -0.25) is 9.59 Å². The first-order valence-electron chi connectivity index (χ1n) is 15.4. The van der Waals surface area contributed by atoms with Gasteiger partial charge in [-0.1, -0.05) is 68.3 Å². The Labute approximate surface area is 260 Å². The van der Waals surface area contributed by atoms with Crippen molar-refractivity contribution in [3.05, 3.63) is 30.3 Å². The summed E-state index contributed by atoms with van der Waals surface area (Å²) in [5.74, 6) is 4.54. The molecule has 248 valence electrons. The number of phenols is 1. The average molecular weight is 630 g/mol. The molecular formula is C31H55N3O8S. The molecule has 0 heterocycles. The molecule has 12 heteroatoms. The second-order valence-corrected chi connectivity index (χ2v) is 10.8. The molecule has 5 rings (SSSR count). The molecule has 1 atom stereocenters. The van der Waals surface area contributed by atoms with Crippen LogP contribution in [0, 0.1) is 0 Å². The molecule has 8 N–H and O–H groups in total. The molecule has 0 amide bonds. The summed E-state index contributed by atoms with van der Waals surface area (Å²) in [6, 6.07) is 8.57. The number of aromatic hydroxyl groups is 1. The Hall–Kier alpha value is -2.51. The van der Waals surface area contributed by atoms with Gasteiger partial charge in [-0.2, -0.15) is 8.42 Å². The highest BCUT2D eigenvalue weighted by molar-refractivity contribution is 7.51. The number of aliphatic hydroxyl groups excluding tert-OH is 1. The zero-order valence-corrected chi connectivity index (χ0v) is 26.4. The Morgan fingerprint density at radius 1 is 0.674 bits per heavy atom. The van der Waals surface area contributed by atoms with Crippen LogP contribution in [0.2, 0.25) is 0 Å². The van der Waals surface area contributed by atoms with Crippen LogP contribution in [-0.4, -0.2) is 58.5 Å². The molecule has 0 saturated heterocycles. The monoisotopic (exact) mass is 629 g/mol. The predicted molar refractivity (Wildman–Crippen MR) is 169 cm³/mol. The van der Waals surface area contributed by atoms with Gasteiger partial charge in [0.2, 0.25) is 0 Å². The smallest absolute Gasteiger partial charge is 0.335 e. The van der Waals surface area contributed by atoms with Gasteiger partial charge in [0.1, 0.15) is 17.3 Å². The Morgan fingerprint density at radius 3 is 1.44 bits per heavy atom. The molecule has 4 saturated carbocycles. The summed E-state index contributed by atoms with van der Waals surface area (Å²) in [6.45, 7) is 0. The molecule has 0 aliphatic heterocycles. The highest BCUT2D eigenvalue weighted by atomic mass is 32.1. The average Bonchev–Trinajstić information content (AvgIpc) is 3.24. The second-order valence-electron chi connectivity index (χ2n) is 10.7. The lowest BCUT2D eigenvalue weighted by Crippen LogP contribution is -2.28. The van der Waals surface area contributed by atoms with Crippen LogP contribution >= 0.6 is 0 Å². The van der Waals surface area contributed by atoms with Gasteiger partial charge in [0, 0.05) is 19.3 Å². The van der Waals surface area contributed by atoms with Crippen molar-refractivity contribution in [2.45, 2.75) is 141 Å². The van der Waals surface area contributed by atoms with E-state index in [1.807, 2.05) is 6.07 Å². The number of hydrogen-bond donors (Lipinski definition) is 6. The minimum Gasteiger partial charge on any atom is -0.508 e. The molecule has 1 aromatic rings. The zero-order valence-electron chi connectivity index (χ0n) is 25.6. The van der Waals surface area contributed by atoms with Crippen molar-refractivity contribution in [2.75, 3.05) is 0 Å². The summed E-state index contributed by atoms with van der Waals surface area (Å²) in [7, 11) is 0. The molecule has 0 radical (unpaired) electrons. The first-order valence-corrected chi connectivity index (χ1v) is 16.1. The van der Waals surface area contributed by atoms with E-state index in [4.69, 9.17) is 34.8 Å². The van der Waals surface area contributed by atoms with Gasteiger partial charge < -0.3 is 26.4 Å². The number of nitrogens with two attached hydrogens (primary N) is 2. The maximum atomic E-state index is 10.9. The molecule has 43 heavy (non-hydrogen) atoms. The minimum atomic E-state index is -0.750. The summed E-state index contributed by atoms with van der Waals surface area (Å²) in [5, 5.41) is 35.5. The number of carbonyl (C=O) groups excluding carboxylic acids is 2. The number of nitrogens with zero attached hydrogens (tertiary/aromatic N) is 1. The van der Waals surface area contributed by atoms with Gasteiger partial charge in [0.25, 0.3) is 0 Å². The van der Waals surface area contributed by atoms with Crippen molar-refractivity contribution in [1.29, 1.82) is 0 Å². The van der Waals surface area contributed by atoms with E-state index < -0.39 is 11.6 Å². The highest BCUT2D eigenvalue weighted by Crippen LogP contribution is 2.16. The molecule has 1 aromatic carbocycles. The van der Waals surface area contributed by atoms with Crippen molar-refractivity contribution >= 4 is 28.8 Å². The van der Waals surface area contributed by atoms with Crippen LogP contribution in [0.3, 0.4) is 0 Å². The molecule has 0 aromatic heterocycles. The van der Waals surface area contributed by atoms with Crippen LogP contribution < -0.4 is 11.6 Å². The molecule has 11 nitrogen and oxygen atoms in total. The van der Waals surface area contributed by atoms with E-state index >= 15 is 0 Å². The Bertz CT molecular complexity index is 846. The number of Topliss-reactive ketones (excluding diaryl/α,β-unsaturated/α-hetero) is 2. The summed E-state index contributed by atoms with van der Waals surface area (Å²) >= 11 is -0.750. The van der Waals surface area contributed by atoms with E-state index in [1.165, 1.54) is 51.4 Å². The summed E-state index contributed by atoms with van der Waals surface area (Å²) in [5.41, 5.74) is 6.51. The first kappa shape index (κ1) is 42.6. The van der Waals surface area contributed by atoms with Crippen molar-refractivity contribution in [2.24, 2.45) is 16.8 Å². The van der Waals surface area contributed by atoms with E-state index in [1.54, 1.807) is 24.3 Å². The van der Waals surface area contributed by atoms with Crippen LogP contribution in [0.4, 0.5) is 0 Å². The lowest BCUT2D eigenvalue weighted by atomic mass is 9.98. The lowest BCUT2D eigenvalue weighted by molar-refractivity contribution is -0.121.